The molecule has 0 aliphatic rings. The molecule has 20 heavy (non-hydrogen) atoms. The minimum absolute atomic E-state index is 0.508. The molecule has 0 radical (unpaired) electrons. The van der Waals surface area contributed by atoms with E-state index in [9.17, 15) is 0 Å². The first-order valence-electron chi connectivity index (χ1n) is 6.06. The second-order valence-corrected chi connectivity index (χ2v) is 5.56. The lowest BCUT2D eigenvalue weighted by Gasteiger charge is -2.08. The third kappa shape index (κ3) is 2.34. The van der Waals surface area contributed by atoms with Crippen LogP contribution in [0.1, 0.15) is 5.56 Å². The van der Waals surface area contributed by atoms with Crippen LogP contribution in [0.2, 0.25) is 0 Å². The number of hydrogen-bond acceptors (Lipinski definition) is 3. The van der Waals surface area contributed by atoms with Crippen LogP contribution in [0.4, 0.5) is 0 Å². The minimum Gasteiger partial charge on any atom is -0.461 e. The molecule has 1 aromatic carbocycles. The van der Waals surface area contributed by atoms with Crippen molar-refractivity contribution < 1.29 is 4.42 Å². The van der Waals surface area contributed by atoms with E-state index in [2.05, 4.69) is 25.9 Å². The zero-order valence-electron chi connectivity index (χ0n) is 10.7. The van der Waals surface area contributed by atoms with Crippen LogP contribution in [-0.4, -0.2) is 9.97 Å². The number of nitrogens with one attached hydrogen (secondary N) is 1. The van der Waals surface area contributed by atoms with Crippen molar-refractivity contribution in [3.05, 3.63) is 57.3 Å². The van der Waals surface area contributed by atoms with Crippen LogP contribution < -0.4 is 0 Å². The summed E-state index contributed by atoms with van der Waals surface area (Å²) in [5.41, 5.74) is 2.96. The van der Waals surface area contributed by atoms with Crippen molar-refractivity contribution in [3.63, 3.8) is 0 Å². The molecular formula is C15H11BrN2OS. The van der Waals surface area contributed by atoms with Gasteiger partial charge >= 0.3 is 0 Å². The first-order chi connectivity index (χ1) is 9.66. The van der Waals surface area contributed by atoms with E-state index in [0.717, 1.165) is 21.3 Å². The predicted octanol–water partition coefficient (Wildman–Crippen LogP) is 5.14. The SMILES string of the molecule is Cc1ccoc1-c1nc(=S)c(Br)c(-c2ccccc2)[nH]1. The highest BCUT2D eigenvalue weighted by Gasteiger charge is 2.13. The van der Waals surface area contributed by atoms with Gasteiger partial charge in [0, 0.05) is 0 Å². The van der Waals surface area contributed by atoms with Gasteiger partial charge in [0.2, 0.25) is 0 Å². The summed E-state index contributed by atoms with van der Waals surface area (Å²) in [5, 5.41) is 0. The Bertz CT molecular complexity index is 808. The van der Waals surface area contributed by atoms with Gasteiger partial charge < -0.3 is 9.40 Å². The van der Waals surface area contributed by atoms with E-state index in [1.807, 2.05) is 43.3 Å². The second-order valence-electron chi connectivity index (χ2n) is 4.38. The summed E-state index contributed by atoms with van der Waals surface area (Å²) in [6.45, 7) is 1.97. The molecule has 0 atom stereocenters. The molecule has 1 N–H and O–H groups in total. The quantitative estimate of drug-likeness (QED) is 0.653. The number of halogens is 1. The van der Waals surface area contributed by atoms with Crippen LogP contribution >= 0.6 is 28.1 Å². The molecule has 0 aliphatic carbocycles. The Morgan fingerprint density at radius 2 is 1.95 bits per heavy atom. The molecule has 0 saturated carbocycles. The molecular weight excluding hydrogens is 336 g/mol. The fourth-order valence-corrected chi connectivity index (χ4v) is 2.60. The van der Waals surface area contributed by atoms with Gasteiger partial charge in [-0.2, -0.15) is 0 Å². The fourth-order valence-electron chi connectivity index (χ4n) is 1.99. The van der Waals surface area contributed by atoms with E-state index in [1.54, 1.807) is 6.26 Å². The standard InChI is InChI=1S/C15H11BrN2OS/c1-9-7-8-19-13(9)14-17-12(11(16)15(20)18-14)10-5-3-2-4-6-10/h2-8H,1H3,(H,17,18,20). The van der Waals surface area contributed by atoms with Crippen LogP contribution in [0.5, 0.6) is 0 Å². The molecule has 100 valence electrons. The largest absolute Gasteiger partial charge is 0.461 e. The Labute approximate surface area is 129 Å². The van der Waals surface area contributed by atoms with E-state index in [-0.39, 0.29) is 0 Å². The zero-order chi connectivity index (χ0) is 14.1. The van der Waals surface area contributed by atoms with Crippen LogP contribution in [0.15, 0.2) is 51.6 Å². The average Bonchev–Trinajstić information content (AvgIpc) is 2.89. The van der Waals surface area contributed by atoms with E-state index < -0.39 is 0 Å². The van der Waals surface area contributed by atoms with Crippen LogP contribution in [0, 0.1) is 11.6 Å². The molecule has 2 heterocycles. The van der Waals surface area contributed by atoms with Crippen molar-refractivity contribution in [2.45, 2.75) is 6.92 Å². The van der Waals surface area contributed by atoms with Crippen molar-refractivity contribution in [2.24, 2.45) is 0 Å². The molecule has 3 rings (SSSR count). The summed E-state index contributed by atoms with van der Waals surface area (Å²) >= 11 is 8.83. The van der Waals surface area contributed by atoms with E-state index in [4.69, 9.17) is 16.6 Å². The normalized spacial score (nSPS) is 10.7. The Morgan fingerprint density at radius 3 is 2.60 bits per heavy atom. The number of nitrogens with zero attached hydrogens (tertiary/aromatic N) is 1. The Kier molecular flexibility index (Phi) is 3.54. The summed E-state index contributed by atoms with van der Waals surface area (Å²) < 4.78 is 6.77. The Balaban J connectivity index is 2.24. The maximum atomic E-state index is 5.48. The Morgan fingerprint density at radius 1 is 1.20 bits per heavy atom. The number of aromatic nitrogens is 2. The minimum atomic E-state index is 0.508. The molecule has 2 aromatic heterocycles. The van der Waals surface area contributed by atoms with E-state index in [0.29, 0.717) is 16.2 Å². The molecule has 5 heteroatoms. The number of aromatic amines is 1. The first kappa shape index (κ1) is 13.3. The third-order valence-corrected chi connectivity index (χ3v) is 4.33. The van der Waals surface area contributed by atoms with Gasteiger partial charge in [-0.05, 0) is 40.0 Å². The summed E-state index contributed by atoms with van der Waals surface area (Å²) in [6, 6.07) is 11.9. The summed E-state index contributed by atoms with van der Waals surface area (Å²) in [4.78, 5) is 7.68. The number of hydrogen-bond donors (Lipinski definition) is 1. The van der Waals surface area contributed by atoms with Crippen LogP contribution in [-0.2, 0) is 0 Å². The highest BCUT2D eigenvalue weighted by atomic mass is 79.9. The smallest absolute Gasteiger partial charge is 0.175 e. The molecule has 0 unspecified atom stereocenters. The van der Waals surface area contributed by atoms with Gasteiger partial charge in [-0.3, -0.25) is 0 Å². The summed E-state index contributed by atoms with van der Waals surface area (Å²) in [5.74, 6) is 1.35. The van der Waals surface area contributed by atoms with Crippen molar-refractivity contribution in [1.29, 1.82) is 0 Å². The van der Waals surface area contributed by atoms with Crippen molar-refractivity contribution >= 4 is 28.1 Å². The third-order valence-electron chi connectivity index (χ3n) is 3.00. The second kappa shape index (κ2) is 5.34. The Hall–Kier alpha value is -1.72. The van der Waals surface area contributed by atoms with E-state index in [1.165, 1.54) is 0 Å². The van der Waals surface area contributed by atoms with Crippen molar-refractivity contribution in [2.75, 3.05) is 0 Å². The van der Waals surface area contributed by atoms with Gasteiger partial charge in [0.15, 0.2) is 11.6 Å². The summed E-state index contributed by atoms with van der Waals surface area (Å²) in [6.07, 6.45) is 1.65. The molecule has 3 aromatic rings. The number of rotatable bonds is 2. The lowest BCUT2D eigenvalue weighted by atomic mass is 10.1. The molecule has 0 fully saturated rings. The molecule has 0 spiro atoms. The maximum Gasteiger partial charge on any atom is 0.175 e. The monoisotopic (exact) mass is 346 g/mol. The van der Waals surface area contributed by atoms with E-state index >= 15 is 0 Å². The molecule has 0 amide bonds. The van der Waals surface area contributed by atoms with Gasteiger partial charge in [-0.1, -0.05) is 42.5 Å². The lowest BCUT2D eigenvalue weighted by molar-refractivity contribution is 0.575. The van der Waals surface area contributed by atoms with Crippen LogP contribution in [0.3, 0.4) is 0 Å². The number of furan rings is 1. The highest BCUT2D eigenvalue weighted by Crippen LogP contribution is 2.30. The fraction of sp³-hybridized carbons (Fsp3) is 0.0667. The number of benzene rings is 1. The van der Waals surface area contributed by atoms with Gasteiger partial charge in [0.25, 0.3) is 0 Å². The maximum absolute atomic E-state index is 5.48. The lowest BCUT2D eigenvalue weighted by Crippen LogP contribution is -1.95. The molecule has 0 saturated heterocycles. The van der Waals surface area contributed by atoms with Gasteiger partial charge in [0.05, 0.1) is 16.4 Å². The molecule has 0 bridgehead atoms. The van der Waals surface area contributed by atoms with Crippen molar-refractivity contribution in [3.8, 4) is 22.8 Å². The number of H-pyrrole nitrogens is 1. The first-order valence-corrected chi connectivity index (χ1v) is 7.26. The predicted molar refractivity (Wildman–Crippen MR) is 85.0 cm³/mol. The topological polar surface area (TPSA) is 41.8 Å². The molecule has 3 nitrogen and oxygen atoms in total. The van der Waals surface area contributed by atoms with Crippen molar-refractivity contribution in [1.82, 2.24) is 9.97 Å². The average molecular weight is 347 g/mol. The highest BCUT2D eigenvalue weighted by molar-refractivity contribution is 9.10. The van der Waals surface area contributed by atoms with Crippen LogP contribution in [0.25, 0.3) is 22.8 Å². The van der Waals surface area contributed by atoms with Gasteiger partial charge in [-0.15, -0.1) is 0 Å². The molecule has 0 aliphatic heterocycles. The zero-order valence-corrected chi connectivity index (χ0v) is 13.1. The van der Waals surface area contributed by atoms with Gasteiger partial charge in [0.1, 0.15) is 4.64 Å². The van der Waals surface area contributed by atoms with Gasteiger partial charge in [-0.25, -0.2) is 4.98 Å². The number of aryl methyl sites for hydroxylation is 1. The summed E-state index contributed by atoms with van der Waals surface area (Å²) in [7, 11) is 0.